The lowest BCUT2D eigenvalue weighted by Crippen LogP contribution is -2.45. The summed E-state index contributed by atoms with van der Waals surface area (Å²) in [6, 6.07) is 12.9. The lowest BCUT2D eigenvalue weighted by molar-refractivity contribution is 0.0174. The van der Waals surface area contributed by atoms with Crippen LogP contribution in [0.3, 0.4) is 0 Å². The number of likely N-dealkylation sites (tertiary alicyclic amines) is 1. The van der Waals surface area contributed by atoms with Gasteiger partial charge in [-0.1, -0.05) is 61.4 Å². The zero-order chi connectivity index (χ0) is 32.1. The summed E-state index contributed by atoms with van der Waals surface area (Å²) in [5.41, 5.74) is 8.78. The van der Waals surface area contributed by atoms with Crippen molar-refractivity contribution in [3.63, 3.8) is 0 Å². The van der Waals surface area contributed by atoms with Crippen LogP contribution < -0.4 is 5.32 Å². The van der Waals surface area contributed by atoms with Gasteiger partial charge in [0.15, 0.2) is 0 Å². The van der Waals surface area contributed by atoms with Crippen molar-refractivity contribution in [2.24, 2.45) is 11.8 Å². The molecular formula is C39H55F2N3O. The number of nitrogens with zero attached hydrogens (tertiary/aromatic N) is 1. The highest BCUT2D eigenvalue weighted by atomic mass is 19.3. The Morgan fingerprint density at radius 2 is 1.78 bits per heavy atom. The van der Waals surface area contributed by atoms with Crippen molar-refractivity contribution in [1.29, 1.82) is 0 Å². The third-order valence-electron chi connectivity index (χ3n) is 9.56. The van der Waals surface area contributed by atoms with Gasteiger partial charge in [0.05, 0.1) is 0 Å². The number of aromatic nitrogens is 1. The Morgan fingerprint density at radius 3 is 2.42 bits per heavy atom. The first kappa shape index (κ1) is 33.1. The van der Waals surface area contributed by atoms with Gasteiger partial charge in [-0.05, 0) is 106 Å². The number of nitrogens with one attached hydrogen (secondary N) is 2. The highest BCUT2D eigenvalue weighted by molar-refractivity contribution is 5.99. The molecule has 4 nitrogen and oxygen atoms in total. The molecule has 0 radical (unpaired) electrons. The van der Waals surface area contributed by atoms with Gasteiger partial charge in [0.25, 0.3) is 11.8 Å². The molecule has 0 bridgehead atoms. The molecule has 45 heavy (non-hydrogen) atoms. The third-order valence-corrected chi connectivity index (χ3v) is 9.56. The number of hydrogen-bond donors (Lipinski definition) is 2. The summed E-state index contributed by atoms with van der Waals surface area (Å²) in [6.07, 6.45) is 13.9. The van der Waals surface area contributed by atoms with Crippen molar-refractivity contribution < 1.29 is 16.4 Å². The molecule has 3 aliphatic rings. The average molecular weight is 620 g/mol. The number of hydrogen-bond acceptors (Lipinski definition) is 2. The summed E-state index contributed by atoms with van der Waals surface area (Å²) < 4.78 is 25.4. The fourth-order valence-corrected chi connectivity index (χ4v) is 6.74. The number of alkyl halides is 2. The van der Waals surface area contributed by atoms with Crippen LogP contribution in [0.15, 0.2) is 65.8 Å². The Labute approximate surface area is 271 Å². The number of halogens is 2. The van der Waals surface area contributed by atoms with E-state index in [0.29, 0.717) is 0 Å². The van der Waals surface area contributed by atoms with E-state index in [-0.39, 0.29) is 20.4 Å². The average Bonchev–Trinajstić information content (AvgIpc) is 3.75. The van der Waals surface area contributed by atoms with Crippen LogP contribution in [0.5, 0.6) is 0 Å². The number of rotatable bonds is 8. The van der Waals surface area contributed by atoms with Crippen LogP contribution in [-0.4, -0.2) is 41.5 Å². The van der Waals surface area contributed by atoms with Crippen molar-refractivity contribution in [3.8, 4) is 0 Å². The van der Waals surface area contributed by atoms with Gasteiger partial charge in [0.2, 0.25) is 0 Å². The Balaban J connectivity index is 0.000000366. The second-order valence-corrected chi connectivity index (χ2v) is 13.9. The van der Waals surface area contributed by atoms with E-state index in [0.717, 1.165) is 81.6 Å². The molecule has 2 heterocycles. The van der Waals surface area contributed by atoms with Crippen LogP contribution in [0.2, 0.25) is 0 Å². The molecule has 1 aliphatic heterocycles. The summed E-state index contributed by atoms with van der Waals surface area (Å²) in [7, 11) is 0. The molecule has 1 aromatic heterocycles. The van der Waals surface area contributed by atoms with Gasteiger partial charge in [-0.3, -0.25) is 9.69 Å². The maximum Gasteiger partial charge on any atom is 0.270 e. The molecular weight excluding hydrogens is 564 g/mol. The van der Waals surface area contributed by atoms with Crippen molar-refractivity contribution in [3.05, 3.63) is 93.7 Å². The van der Waals surface area contributed by atoms with E-state index in [1.807, 2.05) is 13.0 Å². The number of amides is 1. The van der Waals surface area contributed by atoms with Crippen LogP contribution in [0.4, 0.5) is 8.78 Å². The van der Waals surface area contributed by atoms with Gasteiger partial charge in [-0.15, -0.1) is 0 Å². The highest BCUT2D eigenvalue weighted by Crippen LogP contribution is 2.33. The topological polar surface area (TPSA) is 48.1 Å². The molecule has 2 fully saturated rings. The number of aryl methyl sites for hydroxylation is 2. The fourth-order valence-electron chi connectivity index (χ4n) is 6.74. The van der Waals surface area contributed by atoms with E-state index >= 15 is 0 Å². The summed E-state index contributed by atoms with van der Waals surface area (Å²) in [5, 5.41) is 4.56. The predicted octanol–water partition coefficient (Wildman–Crippen LogP) is 9.64. The molecule has 1 saturated heterocycles. The third kappa shape index (κ3) is 9.16. The second kappa shape index (κ2) is 14.5. The SMILES string of the molecule is CC(=C/C1CC1)/C=C(\C)CN1CCC(NC(=O)c2ccc3[nH]c4c(c3c2)CC(C)CC4)CC1.CCc1ccc(C(C)(F)F)cc1.[HH].[HH]. The molecule has 0 spiro atoms. The summed E-state index contributed by atoms with van der Waals surface area (Å²) >= 11 is 0. The molecule has 2 aromatic carbocycles. The van der Waals surface area contributed by atoms with Gasteiger partial charge < -0.3 is 10.3 Å². The minimum atomic E-state index is -2.72. The fraction of sp³-hybridized carbons (Fsp3) is 0.513. The van der Waals surface area contributed by atoms with Crippen molar-refractivity contribution in [2.75, 3.05) is 19.6 Å². The molecule has 6 rings (SSSR count). The van der Waals surface area contributed by atoms with E-state index in [9.17, 15) is 13.6 Å². The molecule has 1 amide bonds. The zero-order valence-electron chi connectivity index (χ0n) is 27.8. The number of fused-ring (bicyclic) bond motifs is 3. The van der Waals surface area contributed by atoms with Gasteiger partial charge >= 0.3 is 0 Å². The number of piperidine rings is 1. The maximum atomic E-state index is 13.0. The predicted molar refractivity (Wildman–Crippen MR) is 186 cm³/mol. The lowest BCUT2D eigenvalue weighted by atomic mass is 9.87. The van der Waals surface area contributed by atoms with Crippen molar-refractivity contribution >= 4 is 16.8 Å². The van der Waals surface area contributed by atoms with Gasteiger partial charge in [-0.2, -0.15) is 0 Å². The van der Waals surface area contributed by atoms with Crippen LogP contribution in [-0.2, 0) is 25.2 Å². The van der Waals surface area contributed by atoms with Crippen LogP contribution >= 0.6 is 0 Å². The lowest BCUT2D eigenvalue weighted by Gasteiger charge is -2.32. The second-order valence-electron chi connectivity index (χ2n) is 13.9. The van der Waals surface area contributed by atoms with E-state index < -0.39 is 5.92 Å². The van der Waals surface area contributed by atoms with Crippen molar-refractivity contribution in [2.45, 2.75) is 97.9 Å². The largest absolute Gasteiger partial charge is 0.358 e. The van der Waals surface area contributed by atoms with Crippen LogP contribution in [0, 0.1) is 11.8 Å². The first-order valence-electron chi connectivity index (χ1n) is 17.0. The number of allylic oxidation sites excluding steroid dienone is 3. The van der Waals surface area contributed by atoms with Crippen LogP contribution in [0.1, 0.15) is 102 Å². The monoisotopic (exact) mass is 619 g/mol. The smallest absolute Gasteiger partial charge is 0.270 e. The number of benzene rings is 2. The summed E-state index contributed by atoms with van der Waals surface area (Å²) in [6.45, 7) is 12.8. The number of H-pyrrole nitrogens is 1. The molecule has 1 unspecified atom stereocenters. The van der Waals surface area contributed by atoms with Gasteiger partial charge in [0, 0.05) is 63.2 Å². The standard InChI is InChI=1S/C29H39N3O.C10H12F2.2H2/c1-19-4-8-27-25(16-19)26-17-23(7-9-28(26)31-27)29(33)30-24-10-12-32(13-11-24)18-21(3)14-20(2)15-22-5-6-22;1-3-8-4-6-9(7-5-8)10(2,11)12;;/h7,9,14-15,17,19,22,24,31H,4-6,8,10-13,16,18H2,1-3H3,(H,30,33);4-7H,3H2,1-2H3;2*1H/b20-15-,21-14+;;;. The molecule has 3 aromatic rings. The first-order valence-corrected chi connectivity index (χ1v) is 17.0. The van der Waals surface area contributed by atoms with Gasteiger partial charge in [0.1, 0.15) is 0 Å². The van der Waals surface area contributed by atoms with Crippen LogP contribution in [0.25, 0.3) is 10.9 Å². The summed E-state index contributed by atoms with van der Waals surface area (Å²) in [5.74, 6) is -1.09. The van der Waals surface area contributed by atoms with E-state index in [1.54, 1.807) is 12.1 Å². The number of carbonyl (C=O) groups is 1. The Hall–Kier alpha value is -3.25. The Kier molecular flexibility index (Phi) is 10.6. The van der Waals surface area contributed by atoms with E-state index in [4.69, 9.17) is 0 Å². The maximum absolute atomic E-state index is 13.0. The molecule has 246 valence electrons. The van der Waals surface area contributed by atoms with E-state index in [1.165, 1.54) is 64.7 Å². The number of carbonyl (C=O) groups excluding carboxylic acids is 1. The normalized spacial score (nSPS) is 20.0. The first-order chi connectivity index (χ1) is 21.5. The Bertz CT molecular complexity index is 1530. The summed E-state index contributed by atoms with van der Waals surface area (Å²) in [4.78, 5) is 19.1. The van der Waals surface area contributed by atoms with Gasteiger partial charge in [-0.25, -0.2) is 8.78 Å². The minimum Gasteiger partial charge on any atom is -0.358 e. The molecule has 1 saturated carbocycles. The minimum absolute atomic E-state index is 0. The van der Waals surface area contributed by atoms with E-state index in [2.05, 4.69) is 60.3 Å². The molecule has 6 heteroatoms. The highest BCUT2D eigenvalue weighted by Gasteiger charge is 2.25. The Morgan fingerprint density at radius 1 is 1.07 bits per heavy atom. The number of aromatic amines is 1. The quantitative estimate of drug-likeness (QED) is 0.247. The molecule has 2 N–H and O–H groups in total. The molecule has 2 aliphatic carbocycles. The zero-order valence-corrected chi connectivity index (χ0v) is 27.8. The van der Waals surface area contributed by atoms with Crippen molar-refractivity contribution in [1.82, 2.24) is 15.2 Å². The molecule has 1 atom stereocenters.